The van der Waals surface area contributed by atoms with Crippen LogP contribution < -0.4 is 0 Å². The Labute approximate surface area is 271 Å². The van der Waals surface area contributed by atoms with E-state index in [1.807, 2.05) is 88.6 Å². The Kier molecular flexibility index (Phi) is 15.6. The largest absolute Gasteiger partial charge is 0.466 e. The van der Waals surface area contributed by atoms with E-state index in [1.54, 1.807) is 35.6 Å². The Morgan fingerprint density at radius 2 is 1.30 bits per heavy atom. The SMILES string of the molecule is C=CC(=O)OCC.CCOC(=O)CCC(C(=O)c1ccc(C)cc1)n1cc(C)cn1.Cc1ccc(C(=O)Cn2cc(C)cn2)cc1. The molecule has 0 amide bonds. The van der Waals surface area contributed by atoms with E-state index < -0.39 is 6.04 Å². The minimum Gasteiger partial charge on any atom is -0.466 e. The van der Waals surface area contributed by atoms with E-state index in [0.29, 0.717) is 31.7 Å². The fourth-order valence-corrected chi connectivity index (χ4v) is 4.12. The quantitative estimate of drug-likeness (QED) is 0.101. The van der Waals surface area contributed by atoms with Crippen molar-refractivity contribution in [2.45, 2.75) is 67.0 Å². The van der Waals surface area contributed by atoms with E-state index in [0.717, 1.165) is 33.9 Å². The van der Waals surface area contributed by atoms with Gasteiger partial charge in [-0.1, -0.05) is 66.2 Å². The number of esters is 2. The first kappa shape index (κ1) is 37.1. The van der Waals surface area contributed by atoms with E-state index in [9.17, 15) is 19.2 Å². The number of hydrogen-bond donors (Lipinski definition) is 0. The third-order valence-electron chi connectivity index (χ3n) is 6.51. The lowest BCUT2D eigenvalue weighted by atomic mass is 9.99. The van der Waals surface area contributed by atoms with Crippen LogP contribution in [0.25, 0.3) is 0 Å². The Morgan fingerprint density at radius 3 is 1.76 bits per heavy atom. The summed E-state index contributed by atoms with van der Waals surface area (Å²) in [5.41, 5.74) is 5.65. The fraction of sp³-hybridized carbons (Fsp3) is 0.333. The predicted octanol–water partition coefficient (Wildman–Crippen LogP) is 6.39. The normalized spacial score (nSPS) is 10.7. The van der Waals surface area contributed by atoms with Gasteiger partial charge in [0.05, 0.1) is 25.6 Å². The second kappa shape index (κ2) is 19.3. The smallest absolute Gasteiger partial charge is 0.330 e. The molecule has 10 nitrogen and oxygen atoms in total. The minimum atomic E-state index is -0.504. The summed E-state index contributed by atoms with van der Waals surface area (Å²) >= 11 is 0. The molecule has 0 saturated heterocycles. The molecule has 0 bridgehead atoms. The summed E-state index contributed by atoms with van der Waals surface area (Å²) in [6, 6.07) is 14.5. The third kappa shape index (κ3) is 12.9. The van der Waals surface area contributed by atoms with Gasteiger partial charge in [0.1, 0.15) is 12.6 Å². The molecule has 0 N–H and O–H groups in total. The zero-order valence-corrected chi connectivity index (χ0v) is 27.6. The molecule has 244 valence electrons. The predicted molar refractivity (Wildman–Crippen MR) is 177 cm³/mol. The first-order valence-electron chi connectivity index (χ1n) is 15.1. The summed E-state index contributed by atoms with van der Waals surface area (Å²) in [7, 11) is 0. The molecule has 2 aromatic heterocycles. The van der Waals surface area contributed by atoms with Crippen LogP contribution in [0, 0.1) is 27.7 Å². The van der Waals surface area contributed by atoms with Crippen LogP contribution >= 0.6 is 0 Å². The van der Waals surface area contributed by atoms with Crippen LogP contribution in [0.4, 0.5) is 0 Å². The average Bonchev–Trinajstić information content (AvgIpc) is 3.65. The number of carbonyl (C=O) groups excluding carboxylic acids is 4. The highest BCUT2D eigenvalue weighted by Crippen LogP contribution is 2.21. The van der Waals surface area contributed by atoms with Crippen LogP contribution in [0.15, 0.2) is 86.0 Å². The van der Waals surface area contributed by atoms with E-state index in [2.05, 4.69) is 21.5 Å². The monoisotopic (exact) mass is 628 g/mol. The molecular weight excluding hydrogens is 584 g/mol. The molecule has 0 fully saturated rings. The maximum Gasteiger partial charge on any atom is 0.330 e. The number of aromatic nitrogens is 4. The van der Waals surface area contributed by atoms with Crippen molar-refractivity contribution in [3.63, 3.8) is 0 Å². The number of hydrogen-bond acceptors (Lipinski definition) is 8. The van der Waals surface area contributed by atoms with E-state index in [-0.39, 0.29) is 29.9 Å². The number of nitrogens with zero attached hydrogens (tertiary/aromatic N) is 4. The van der Waals surface area contributed by atoms with Crippen molar-refractivity contribution in [2.24, 2.45) is 0 Å². The molecule has 2 heterocycles. The molecule has 1 unspecified atom stereocenters. The van der Waals surface area contributed by atoms with Crippen molar-refractivity contribution >= 4 is 23.5 Å². The molecule has 10 heteroatoms. The van der Waals surface area contributed by atoms with Crippen molar-refractivity contribution in [1.82, 2.24) is 19.6 Å². The lowest BCUT2D eigenvalue weighted by molar-refractivity contribution is -0.143. The standard InChI is InChI=1S/C18H22N2O3.C13H14N2O.C5H8O2/c1-4-23-17(21)10-9-16(20-12-14(3)11-19-20)18(22)15-7-5-13(2)6-8-15;1-10-3-5-12(6-4-10)13(16)9-15-8-11(2)7-14-15;1-3-5(6)7-4-2/h5-8,11-12,16H,4,9-10H2,1-3H3;3-8H,9H2,1-2H3;3H,1,4H2,2H3. The van der Waals surface area contributed by atoms with Crippen molar-refractivity contribution in [2.75, 3.05) is 13.2 Å². The number of ether oxygens (including phenoxy) is 2. The minimum absolute atomic E-state index is 0.0441. The zero-order valence-electron chi connectivity index (χ0n) is 27.6. The first-order chi connectivity index (χ1) is 22.0. The molecule has 4 rings (SSSR count). The van der Waals surface area contributed by atoms with Crippen LogP contribution in [0.1, 0.15) is 75.7 Å². The Balaban J connectivity index is 0.000000276. The van der Waals surface area contributed by atoms with Gasteiger partial charge in [-0.05, 0) is 59.1 Å². The molecule has 0 aliphatic carbocycles. The third-order valence-corrected chi connectivity index (χ3v) is 6.51. The molecule has 4 aromatic rings. The molecule has 46 heavy (non-hydrogen) atoms. The van der Waals surface area contributed by atoms with Crippen molar-refractivity contribution < 1.29 is 28.7 Å². The van der Waals surface area contributed by atoms with Gasteiger partial charge < -0.3 is 9.47 Å². The molecule has 0 radical (unpaired) electrons. The highest BCUT2D eigenvalue weighted by atomic mass is 16.5. The van der Waals surface area contributed by atoms with Gasteiger partial charge in [-0.25, -0.2) is 4.79 Å². The average molecular weight is 629 g/mol. The summed E-state index contributed by atoms with van der Waals surface area (Å²) in [4.78, 5) is 46.4. The summed E-state index contributed by atoms with van der Waals surface area (Å²) in [5, 5.41) is 8.34. The van der Waals surface area contributed by atoms with Gasteiger partial charge in [0.15, 0.2) is 11.6 Å². The molecule has 0 saturated carbocycles. The van der Waals surface area contributed by atoms with Crippen LogP contribution in [0.3, 0.4) is 0 Å². The number of ketones is 2. The van der Waals surface area contributed by atoms with Crippen LogP contribution in [-0.2, 0) is 25.6 Å². The number of rotatable bonds is 12. The molecule has 1 atom stereocenters. The molecule has 0 aliphatic rings. The molecule has 0 aliphatic heterocycles. The van der Waals surface area contributed by atoms with Crippen molar-refractivity contribution in [1.29, 1.82) is 0 Å². The van der Waals surface area contributed by atoms with Crippen molar-refractivity contribution in [3.05, 3.63) is 119 Å². The lowest BCUT2D eigenvalue weighted by Crippen LogP contribution is -2.22. The van der Waals surface area contributed by atoms with E-state index in [4.69, 9.17) is 4.74 Å². The molecular formula is C36H44N4O6. The van der Waals surface area contributed by atoms with Gasteiger partial charge in [0, 0.05) is 36.0 Å². The lowest BCUT2D eigenvalue weighted by Gasteiger charge is -2.16. The summed E-state index contributed by atoms with van der Waals surface area (Å²) in [6.07, 6.45) is 8.85. The Bertz CT molecular complexity index is 1570. The first-order valence-corrected chi connectivity index (χ1v) is 15.1. The van der Waals surface area contributed by atoms with Gasteiger partial charge in [-0.2, -0.15) is 10.2 Å². The van der Waals surface area contributed by atoms with Crippen molar-refractivity contribution in [3.8, 4) is 0 Å². The summed E-state index contributed by atoms with van der Waals surface area (Å²) < 4.78 is 12.7. The maximum absolute atomic E-state index is 12.8. The van der Waals surface area contributed by atoms with Gasteiger partial charge in [0.25, 0.3) is 0 Å². The van der Waals surface area contributed by atoms with E-state index in [1.165, 1.54) is 0 Å². The molecule has 2 aromatic carbocycles. The highest BCUT2D eigenvalue weighted by Gasteiger charge is 2.24. The van der Waals surface area contributed by atoms with Crippen LogP contribution in [-0.4, -0.2) is 56.3 Å². The Morgan fingerprint density at radius 1 is 0.761 bits per heavy atom. The topological polar surface area (TPSA) is 122 Å². The number of aryl methyl sites for hydroxylation is 4. The fourth-order valence-electron chi connectivity index (χ4n) is 4.12. The summed E-state index contributed by atoms with van der Waals surface area (Å²) in [6.45, 7) is 15.6. The summed E-state index contributed by atoms with van der Waals surface area (Å²) in [5.74, 6) is -0.610. The number of carbonyl (C=O) groups is 4. The molecule has 0 spiro atoms. The van der Waals surface area contributed by atoms with Gasteiger partial charge in [-0.15, -0.1) is 0 Å². The second-order valence-electron chi connectivity index (χ2n) is 10.5. The van der Waals surface area contributed by atoms with Crippen LogP contribution in [0.2, 0.25) is 0 Å². The number of benzene rings is 2. The van der Waals surface area contributed by atoms with Crippen LogP contribution in [0.5, 0.6) is 0 Å². The second-order valence-corrected chi connectivity index (χ2v) is 10.5. The zero-order chi connectivity index (χ0) is 34.1. The highest BCUT2D eigenvalue weighted by molar-refractivity contribution is 5.99. The van der Waals surface area contributed by atoms with Gasteiger partial charge in [-0.3, -0.25) is 23.7 Å². The maximum atomic E-state index is 12.8. The number of Topliss-reactive ketones (excluding diaryl/α,β-unsaturated/α-hetero) is 2. The Hall–Kier alpha value is -5.12. The van der Waals surface area contributed by atoms with Gasteiger partial charge >= 0.3 is 11.9 Å². The van der Waals surface area contributed by atoms with Gasteiger partial charge in [0.2, 0.25) is 0 Å². The van der Waals surface area contributed by atoms with E-state index >= 15 is 0 Å².